The lowest BCUT2D eigenvalue weighted by molar-refractivity contribution is 0.102. The van der Waals surface area contributed by atoms with Gasteiger partial charge < -0.3 is 14.8 Å². The molecule has 43 heavy (non-hydrogen) atoms. The number of benzene rings is 3. The van der Waals surface area contributed by atoms with E-state index in [1.165, 1.54) is 31.4 Å². The summed E-state index contributed by atoms with van der Waals surface area (Å²) in [5, 5.41) is 15.3. The number of amides is 1. The Morgan fingerprint density at radius 2 is 1.91 bits per heavy atom. The number of carbonyl (C=O) groups is 1. The second kappa shape index (κ2) is 14.0. The van der Waals surface area contributed by atoms with E-state index < -0.39 is 9.84 Å². The molecule has 5 rings (SSSR count). The van der Waals surface area contributed by atoms with Gasteiger partial charge in [-0.05, 0) is 85.8 Å². The van der Waals surface area contributed by atoms with E-state index in [-0.39, 0.29) is 23.2 Å². The molecule has 0 spiro atoms. The van der Waals surface area contributed by atoms with Gasteiger partial charge in [-0.3, -0.25) is 4.79 Å². The van der Waals surface area contributed by atoms with Crippen LogP contribution in [0, 0.1) is 11.3 Å². The molecule has 0 unspecified atom stereocenters. The normalized spacial score (nSPS) is 13.1. The van der Waals surface area contributed by atoms with Crippen molar-refractivity contribution in [2.24, 2.45) is 0 Å². The number of ether oxygens (including phenoxy) is 2. The van der Waals surface area contributed by atoms with E-state index in [2.05, 4.69) is 10.7 Å². The lowest BCUT2D eigenvalue weighted by atomic mass is 9.83. The largest absolute Gasteiger partial charge is 0.486 e. The molecule has 1 amide bonds. The number of hydrogen-bond donors (Lipinski definition) is 1. The topological polar surface area (TPSA) is 118 Å². The van der Waals surface area contributed by atoms with Gasteiger partial charge in [0.05, 0.1) is 22.0 Å². The fourth-order valence-corrected chi connectivity index (χ4v) is 6.87. The van der Waals surface area contributed by atoms with Crippen molar-refractivity contribution in [3.63, 3.8) is 0 Å². The van der Waals surface area contributed by atoms with E-state index in [1.807, 2.05) is 6.07 Å². The minimum absolute atomic E-state index is 0.0430. The molecule has 1 aliphatic rings. The molecular formula is C32H30ClN3O5S2. The molecule has 1 saturated carbocycles. The van der Waals surface area contributed by atoms with E-state index >= 15 is 0 Å². The molecule has 0 atom stereocenters. The van der Waals surface area contributed by atoms with E-state index in [0.717, 1.165) is 16.3 Å². The molecule has 1 aliphatic carbocycles. The first-order valence-corrected chi connectivity index (χ1v) is 16.8. The highest BCUT2D eigenvalue weighted by Gasteiger charge is 2.22. The molecule has 1 aromatic heterocycles. The molecule has 0 bridgehead atoms. The van der Waals surface area contributed by atoms with Crippen LogP contribution in [-0.2, 0) is 22.9 Å². The predicted octanol–water partition coefficient (Wildman–Crippen LogP) is 7.20. The predicted molar refractivity (Wildman–Crippen MR) is 167 cm³/mol. The van der Waals surface area contributed by atoms with E-state index in [9.17, 15) is 13.2 Å². The van der Waals surface area contributed by atoms with Gasteiger partial charge in [0.25, 0.3) is 5.91 Å². The second-order valence-electron chi connectivity index (χ2n) is 10.2. The van der Waals surface area contributed by atoms with Gasteiger partial charge in [0.15, 0.2) is 16.4 Å². The van der Waals surface area contributed by atoms with Crippen LogP contribution in [0.15, 0.2) is 77.0 Å². The summed E-state index contributed by atoms with van der Waals surface area (Å²) in [7, 11) is -3.46. The summed E-state index contributed by atoms with van der Waals surface area (Å²) in [5.41, 5.74) is 2.73. The van der Waals surface area contributed by atoms with Crippen LogP contribution >= 0.6 is 22.9 Å². The number of anilines is 1. The Kier molecular flexibility index (Phi) is 9.97. The van der Waals surface area contributed by atoms with Crippen molar-refractivity contribution in [3.8, 4) is 17.6 Å². The van der Waals surface area contributed by atoms with Gasteiger partial charge in [-0.15, -0.1) is 11.3 Å². The van der Waals surface area contributed by atoms with Crippen LogP contribution in [0.2, 0.25) is 5.02 Å². The number of sulfone groups is 1. The molecule has 0 radical (unpaired) electrons. The zero-order valence-electron chi connectivity index (χ0n) is 23.3. The summed E-state index contributed by atoms with van der Waals surface area (Å²) in [6.07, 6.45) is 4.47. The molecule has 1 fully saturated rings. The fraction of sp³-hybridized carbons (Fsp3) is 0.281. The fourth-order valence-electron chi connectivity index (χ4n) is 4.64. The van der Waals surface area contributed by atoms with Gasteiger partial charge in [-0.1, -0.05) is 30.2 Å². The van der Waals surface area contributed by atoms with E-state index in [0.29, 0.717) is 53.1 Å². The number of nitrogens with one attached hydrogen (secondary N) is 1. The van der Waals surface area contributed by atoms with Crippen molar-refractivity contribution in [3.05, 3.63) is 99.0 Å². The minimum Gasteiger partial charge on any atom is -0.486 e. The number of thiazole rings is 1. The molecule has 0 aliphatic heterocycles. The first-order chi connectivity index (χ1) is 20.8. The summed E-state index contributed by atoms with van der Waals surface area (Å²) in [6.45, 7) is 0.133. The van der Waals surface area contributed by atoms with Crippen LogP contribution in [-0.4, -0.2) is 31.7 Å². The van der Waals surface area contributed by atoms with E-state index in [4.69, 9.17) is 31.3 Å². The molecule has 8 nitrogen and oxygen atoms in total. The van der Waals surface area contributed by atoms with Crippen molar-refractivity contribution in [2.45, 2.75) is 49.5 Å². The van der Waals surface area contributed by atoms with Crippen LogP contribution in [0.1, 0.15) is 58.2 Å². The Balaban J connectivity index is 1.22. The number of rotatable bonds is 13. The number of carbonyl (C=O) groups excluding carboxylic acids is 1. The lowest BCUT2D eigenvalue weighted by Crippen LogP contribution is -2.14. The quantitative estimate of drug-likeness (QED) is 0.165. The summed E-state index contributed by atoms with van der Waals surface area (Å²) in [5.74, 6) is 1.03. The number of nitrogens with zero attached hydrogens (tertiary/aromatic N) is 2. The highest BCUT2D eigenvalue weighted by Crippen LogP contribution is 2.36. The van der Waals surface area contributed by atoms with E-state index in [1.54, 1.807) is 65.9 Å². The van der Waals surface area contributed by atoms with Crippen molar-refractivity contribution < 1.29 is 22.7 Å². The summed E-state index contributed by atoms with van der Waals surface area (Å²) < 4.78 is 36.9. The molecule has 1 heterocycles. The number of halogens is 1. The second-order valence-corrected chi connectivity index (χ2v) is 13.7. The molecule has 1 N–H and O–H groups in total. The number of hydrogen-bond acceptors (Lipinski definition) is 8. The van der Waals surface area contributed by atoms with Crippen LogP contribution in [0.25, 0.3) is 0 Å². The number of aryl methyl sites for hydroxylation is 1. The average molecular weight is 636 g/mol. The molecule has 11 heteroatoms. The Bertz CT molecular complexity index is 1730. The Morgan fingerprint density at radius 3 is 2.65 bits per heavy atom. The van der Waals surface area contributed by atoms with Gasteiger partial charge in [-0.2, -0.15) is 5.26 Å². The van der Waals surface area contributed by atoms with Crippen molar-refractivity contribution in [1.29, 1.82) is 5.26 Å². The zero-order valence-corrected chi connectivity index (χ0v) is 25.7. The molecule has 0 saturated heterocycles. The van der Waals surface area contributed by atoms with Crippen LogP contribution in [0.5, 0.6) is 11.5 Å². The maximum Gasteiger partial charge on any atom is 0.255 e. The maximum absolute atomic E-state index is 13.2. The maximum atomic E-state index is 13.2. The lowest BCUT2D eigenvalue weighted by Gasteiger charge is -2.22. The van der Waals surface area contributed by atoms with Crippen LogP contribution in [0.4, 0.5) is 5.69 Å². The summed E-state index contributed by atoms with van der Waals surface area (Å²) in [4.78, 5) is 18.2. The molecule has 3 aromatic carbocycles. The smallest absolute Gasteiger partial charge is 0.255 e. The van der Waals surface area contributed by atoms with Crippen LogP contribution in [0.3, 0.4) is 0 Å². The standard InChI is InChI=1S/C32H30ClN3O5S2/c33-25-10-12-27(13-11-25)43(38,39)17-3-4-22-9-14-30(40-16-15-34)28(18-22)36-32(37)24-7-2-8-26(19-24)41-20-31-35-29(21-42-31)23-5-1-6-23/h2,7-14,18-19,21,23H,1,3-6,16-17,20H2,(H,36,37). The third kappa shape index (κ3) is 8.14. The first kappa shape index (κ1) is 30.5. The molecule has 222 valence electrons. The van der Waals surface area contributed by atoms with Crippen LogP contribution < -0.4 is 14.8 Å². The first-order valence-electron chi connectivity index (χ1n) is 13.9. The highest BCUT2D eigenvalue weighted by molar-refractivity contribution is 7.91. The average Bonchev–Trinajstić information content (AvgIpc) is 3.43. The van der Waals surface area contributed by atoms with Gasteiger partial charge in [0, 0.05) is 21.9 Å². The Morgan fingerprint density at radius 1 is 1.09 bits per heavy atom. The summed E-state index contributed by atoms with van der Waals surface area (Å²) in [6, 6.07) is 20.1. The minimum atomic E-state index is -3.46. The third-order valence-corrected chi connectivity index (χ3v) is 10.1. The summed E-state index contributed by atoms with van der Waals surface area (Å²) >= 11 is 7.46. The Hall–Kier alpha value is -3.91. The zero-order chi connectivity index (χ0) is 30.2. The van der Waals surface area contributed by atoms with Gasteiger partial charge in [-0.25, -0.2) is 13.4 Å². The number of aromatic nitrogens is 1. The van der Waals surface area contributed by atoms with Crippen molar-refractivity contribution >= 4 is 44.4 Å². The highest BCUT2D eigenvalue weighted by atomic mass is 35.5. The van der Waals surface area contributed by atoms with Gasteiger partial charge >= 0.3 is 0 Å². The van der Waals surface area contributed by atoms with Gasteiger partial charge in [0.1, 0.15) is 29.2 Å². The SMILES string of the molecule is N#CCOc1ccc(CCCS(=O)(=O)c2ccc(Cl)cc2)cc1NC(=O)c1cccc(OCc2nc(C3CCC3)cs2)c1. The van der Waals surface area contributed by atoms with Crippen molar-refractivity contribution in [2.75, 3.05) is 17.7 Å². The number of nitriles is 1. The third-order valence-electron chi connectivity index (χ3n) is 7.19. The Labute approximate surface area is 260 Å². The monoisotopic (exact) mass is 635 g/mol. The molecular weight excluding hydrogens is 606 g/mol. The van der Waals surface area contributed by atoms with Crippen molar-refractivity contribution in [1.82, 2.24) is 4.98 Å². The molecule has 4 aromatic rings. The van der Waals surface area contributed by atoms with Gasteiger partial charge in [0.2, 0.25) is 0 Å².